The third-order valence-corrected chi connectivity index (χ3v) is 2.81. The molecular weight excluding hydrogens is 260 g/mol. The number of aryl methyl sites for hydroxylation is 3. The van der Waals surface area contributed by atoms with E-state index in [4.69, 9.17) is 9.52 Å². The average molecular weight is 276 g/mol. The van der Waals surface area contributed by atoms with E-state index in [2.05, 4.69) is 20.4 Å². The number of aliphatic carboxylic acids is 1. The van der Waals surface area contributed by atoms with Gasteiger partial charge in [0, 0.05) is 12.8 Å². The smallest absolute Gasteiger partial charge is 0.303 e. The second-order valence-corrected chi connectivity index (χ2v) is 4.45. The van der Waals surface area contributed by atoms with Crippen LogP contribution in [0.2, 0.25) is 0 Å². The molecule has 0 aliphatic carbocycles. The van der Waals surface area contributed by atoms with E-state index in [0.717, 1.165) is 23.4 Å². The molecule has 0 aliphatic rings. The molecule has 1 N–H and O–H groups in total. The first kappa shape index (κ1) is 14.1. The number of carbonyl (C=O) groups is 1. The van der Waals surface area contributed by atoms with Crippen molar-refractivity contribution in [1.82, 2.24) is 20.4 Å². The maximum Gasteiger partial charge on any atom is 0.303 e. The fourth-order valence-electron chi connectivity index (χ4n) is 1.81. The molecule has 0 aliphatic heterocycles. The summed E-state index contributed by atoms with van der Waals surface area (Å²) >= 11 is 0. The van der Waals surface area contributed by atoms with Crippen LogP contribution in [0.5, 0.6) is 0 Å². The third kappa shape index (κ3) is 3.37. The zero-order valence-electron chi connectivity index (χ0n) is 11.5. The summed E-state index contributed by atoms with van der Waals surface area (Å²) in [6.07, 6.45) is 1.75. The Kier molecular flexibility index (Phi) is 4.39. The highest BCUT2D eigenvalue weighted by Gasteiger charge is 2.14. The first-order valence-electron chi connectivity index (χ1n) is 6.48. The highest BCUT2D eigenvalue weighted by molar-refractivity contribution is 5.66. The van der Waals surface area contributed by atoms with Crippen LogP contribution in [0.4, 0.5) is 0 Å². The van der Waals surface area contributed by atoms with Crippen molar-refractivity contribution in [3.63, 3.8) is 0 Å². The molecule has 0 atom stereocenters. The number of carboxylic acid groups (broad SMARTS) is 1. The van der Waals surface area contributed by atoms with Gasteiger partial charge in [0.1, 0.15) is 0 Å². The molecule has 0 aromatic carbocycles. The predicted octanol–water partition coefficient (Wildman–Crippen LogP) is 1.80. The van der Waals surface area contributed by atoms with Crippen LogP contribution in [0.3, 0.4) is 0 Å². The summed E-state index contributed by atoms with van der Waals surface area (Å²) < 4.78 is 5.57. The SMILES string of the molecule is CCc1nnc(C)cc1-c1nnc(CCCC(=O)O)o1. The van der Waals surface area contributed by atoms with Gasteiger partial charge in [-0.15, -0.1) is 10.2 Å². The normalized spacial score (nSPS) is 10.7. The van der Waals surface area contributed by atoms with Gasteiger partial charge in [-0.2, -0.15) is 10.2 Å². The van der Waals surface area contributed by atoms with E-state index >= 15 is 0 Å². The van der Waals surface area contributed by atoms with Crippen LogP contribution in [-0.2, 0) is 17.6 Å². The zero-order chi connectivity index (χ0) is 14.5. The van der Waals surface area contributed by atoms with Gasteiger partial charge in [0.05, 0.1) is 17.0 Å². The van der Waals surface area contributed by atoms with Crippen LogP contribution in [0.25, 0.3) is 11.5 Å². The van der Waals surface area contributed by atoms with Crippen LogP contribution >= 0.6 is 0 Å². The highest BCUT2D eigenvalue weighted by Crippen LogP contribution is 2.22. The molecule has 0 radical (unpaired) electrons. The lowest BCUT2D eigenvalue weighted by Gasteiger charge is -2.02. The van der Waals surface area contributed by atoms with Crippen LogP contribution in [0.15, 0.2) is 10.5 Å². The van der Waals surface area contributed by atoms with Gasteiger partial charge in [0.25, 0.3) is 0 Å². The Hall–Kier alpha value is -2.31. The maximum absolute atomic E-state index is 10.5. The van der Waals surface area contributed by atoms with Crippen molar-refractivity contribution < 1.29 is 14.3 Å². The Labute approximate surface area is 116 Å². The Morgan fingerprint density at radius 1 is 1.30 bits per heavy atom. The summed E-state index contributed by atoms with van der Waals surface area (Å²) in [6, 6.07) is 1.86. The Balaban J connectivity index is 2.16. The number of rotatable bonds is 6. The quantitative estimate of drug-likeness (QED) is 0.858. The lowest BCUT2D eigenvalue weighted by atomic mass is 10.1. The molecule has 2 aromatic rings. The van der Waals surface area contributed by atoms with Crippen molar-refractivity contribution in [2.75, 3.05) is 0 Å². The van der Waals surface area contributed by atoms with E-state index in [9.17, 15) is 4.79 Å². The summed E-state index contributed by atoms with van der Waals surface area (Å²) in [5, 5.41) is 24.6. The summed E-state index contributed by atoms with van der Waals surface area (Å²) in [6.45, 7) is 3.83. The maximum atomic E-state index is 10.5. The summed E-state index contributed by atoms with van der Waals surface area (Å²) in [5.74, 6) is 0.0231. The van der Waals surface area contributed by atoms with Gasteiger partial charge in [-0.25, -0.2) is 0 Å². The molecular formula is C13H16N4O3. The summed E-state index contributed by atoms with van der Waals surface area (Å²) in [5.41, 5.74) is 2.37. The van der Waals surface area contributed by atoms with Gasteiger partial charge in [-0.3, -0.25) is 4.79 Å². The van der Waals surface area contributed by atoms with E-state index in [-0.39, 0.29) is 6.42 Å². The van der Waals surface area contributed by atoms with Gasteiger partial charge < -0.3 is 9.52 Å². The van der Waals surface area contributed by atoms with Crippen LogP contribution < -0.4 is 0 Å². The fraction of sp³-hybridized carbons (Fsp3) is 0.462. The summed E-state index contributed by atoms with van der Waals surface area (Å²) in [4.78, 5) is 10.5. The molecule has 106 valence electrons. The molecule has 0 saturated heterocycles. The number of hydrogen-bond donors (Lipinski definition) is 1. The highest BCUT2D eigenvalue weighted by atomic mass is 16.4. The molecule has 7 nitrogen and oxygen atoms in total. The molecule has 2 rings (SSSR count). The molecule has 0 amide bonds. The molecule has 0 spiro atoms. The van der Waals surface area contributed by atoms with Gasteiger partial charge in [-0.1, -0.05) is 6.92 Å². The second-order valence-electron chi connectivity index (χ2n) is 4.45. The van der Waals surface area contributed by atoms with Crippen molar-refractivity contribution in [2.24, 2.45) is 0 Å². The zero-order valence-corrected chi connectivity index (χ0v) is 11.5. The average Bonchev–Trinajstić information content (AvgIpc) is 2.87. The van der Waals surface area contributed by atoms with Crippen molar-refractivity contribution in [2.45, 2.75) is 39.5 Å². The molecule has 20 heavy (non-hydrogen) atoms. The largest absolute Gasteiger partial charge is 0.481 e. The van der Waals surface area contributed by atoms with E-state index in [1.807, 2.05) is 19.9 Å². The van der Waals surface area contributed by atoms with Crippen molar-refractivity contribution in [3.8, 4) is 11.5 Å². The molecule has 0 saturated carbocycles. The lowest BCUT2D eigenvalue weighted by molar-refractivity contribution is -0.137. The molecule has 2 aromatic heterocycles. The Bertz CT molecular complexity index is 609. The van der Waals surface area contributed by atoms with Gasteiger partial charge in [-0.05, 0) is 25.8 Å². The van der Waals surface area contributed by atoms with Gasteiger partial charge >= 0.3 is 5.97 Å². The predicted molar refractivity (Wildman–Crippen MR) is 70.0 cm³/mol. The van der Waals surface area contributed by atoms with E-state index in [1.165, 1.54) is 0 Å². The van der Waals surface area contributed by atoms with Crippen LogP contribution in [-0.4, -0.2) is 31.5 Å². The Morgan fingerprint density at radius 2 is 2.10 bits per heavy atom. The topological polar surface area (TPSA) is 102 Å². The lowest BCUT2D eigenvalue weighted by Crippen LogP contribution is -1.97. The van der Waals surface area contributed by atoms with Gasteiger partial charge in [0.15, 0.2) is 0 Å². The summed E-state index contributed by atoms with van der Waals surface area (Å²) in [7, 11) is 0. The number of nitrogens with zero attached hydrogens (tertiary/aromatic N) is 4. The van der Waals surface area contributed by atoms with E-state index < -0.39 is 5.97 Å². The van der Waals surface area contributed by atoms with Gasteiger partial charge in [0.2, 0.25) is 11.8 Å². The first-order chi connectivity index (χ1) is 9.60. The minimum atomic E-state index is -0.827. The minimum absolute atomic E-state index is 0.0911. The number of carboxylic acids is 1. The van der Waals surface area contributed by atoms with Crippen LogP contribution in [0.1, 0.15) is 37.0 Å². The van der Waals surface area contributed by atoms with Crippen molar-refractivity contribution >= 4 is 5.97 Å². The van der Waals surface area contributed by atoms with E-state index in [1.54, 1.807) is 0 Å². The van der Waals surface area contributed by atoms with E-state index in [0.29, 0.717) is 24.6 Å². The monoisotopic (exact) mass is 276 g/mol. The standard InChI is InChI=1S/C13H16N4O3/c1-3-10-9(7-8(2)14-15-10)13-17-16-11(20-13)5-4-6-12(18)19/h7H,3-6H2,1-2H3,(H,18,19). The third-order valence-electron chi connectivity index (χ3n) is 2.81. The molecule has 0 bridgehead atoms. The van der Waals surface area contributed by atoms with Crippen molar-refractivity contribution in [3.05, 3.63) is 23.3 Å². The van der Waals surface area contributed by atoms with Crippen molar-refractivity contribution in [1.29, 1.82) is 0 Å². The Morgan fingerprint density at radius 3 is 2.80 bits per heavy atom. The molecule has 7 heteroatoms. The second kappa shape index (κ2) is 6.23. The minimum Gasteiger partial charge on any atom is -0.481 e. The molecule has 0 fully saturated rings. The van der Waals surface area contributed by atoms with Crippen LogP contribution in [0, 0.1) is 6.92 Å². The number of hydrogen-bond acceptors (Lipinski definition) is 6. The fourth-order valence-corrected chi connectivity index (χ4v) is 1.81. The molecule has 2 heterocycles. The number of aromatic nitrogens is 4. The molecule has 0 unspecified atom stereocenters. The first-order valence-corrected chi connectivity index (χ1v) is 6.48.